The third-order valence-corrected chi connectivity index (χ3v) is 3.51. The number of nitrogens with two attached hydrogens (primary N) is 1. The van der Waals surface area contributed by atoms with Crippen molar-refractivity contribution in [1.82, 2.24) is 10.2 Å². The Labute approximate surface area is 128 Å². The van der Waals surface area contributed by atoms with Crippen molar-refractivity contribution in [2.75, 3.05) is 13.1 Å². The Hall–Kier alpha value is -1.39. The quantitative estimate of drug-likeness (QED) is 0.810. The third kappa shape index (κ3) is 5.48. The van der Waals surface area contributed by atoms with Gasteiger partial charge in [-0.2, -0.15) is 0 Å². The summed E-state index contributed by atoms with van der Waals surface area (Å²) in [7, 11) is 0. The van der Waals surface area contributed by atoms with Gasteiger partial charge in [0.2, 0.25) is 5.91 Å². The molecule has 0 aliphatic heterocycles. The van der Waals surface area contributed by atoms with Crippen LogP contribution in [0, 0.1) is 6.92 Å². The van der Waals surface area contributed by atoms with Gasteiger partial charge in [-0.1, -0.05) is 36.8 Å². The molecule has 1 aromatic rings. The highest BCUT2D eigenvalue weighted by molar-refractivity contribution is 5.78. The van der Waals surface area contributed by atoms with Crippen LogP contribution in [0.25, 0.3) is 0 Å². The third-order valence-electron chi connectivity index (χ3n) is 3.51. The van der Waals surface area contributed by atoms with E-state index in [4.69, 9.17) is 5.73 Å². The van der Waals surface area contributed by atoms with Crippen LogP contribution in [0.1, 0.15) is 44.9 Å². The standard InChI is InChI=1S/C17H29N3O/c1-6-20(11-16(21)19-12(2)3)17(14(5)18)15-9-7-13(4)8-10-15/h7-10,12,14,17H,6,11,18H2,1-5H3,(H,19,21). The second-order valence-corrected chi connectivity index (χ2v) is 6.00. The molecule has 21 heavy (non-hydrogen) atoms. The zero-order valence-electron chi connectivity index (χ0n) is 13.9. The van der Waals surface area contributed by atoms with Gasteiger partial charge in [0, 0.05) is 12.1 Å². The molecule has 0 saturated heterocycles. The molecular weight excluding hydrogens is 262 g/mol. The maximum Gasteiger partial charge on any atom is 0.234 e. The number of aryl methyl sites for hydroxylation is 1. The molecule has 4 nitrogen and oxygen atoms in total. The van der Waals surface area contributed by atoms with Crippen LogP contribution >= 0.6 is 0 Å². The van der Waals surface area contributed by atoms with Gasteiger partial charge in [-0.3, -0.25) is 9.69 Å². The van der Waals surface area contributed by atoms with Gasteiger partial charge >= 0.3 is 0 Å². The van der Waals surface area contributed by atoms with E-state index in [0.29, 0.717) is 6.54 Å². The van der Waals surface area contributed by atoms with E-state index in [9.17, 15) is 4.79 Å². The molecule has 2 unspecified atom stereocenters. The summed E-state index contributed by atoms with van der Waals surface area (Å²) in [5.74, 6) is 0.0459. The van der Waals surface area contributed by atoms with E-state index in [1.54, 1.807) is 0 Å². The molecular formula is C17H29N3O. The molecule has 1 aromatic carbocycles. The van der Waals surface area contributed by atoms with Crippen LogP contribution < -0.4 is 11.1 Å². The van der Waals surface area contributed by atoms with Crippen molar-refractivity contribution in [3.05, 3.63) is 35.4 Å². The number of carbonyl (C=O) groups excluding carboxylic acids is 1. The topological polar surface area (TPSA) is 58.4 Å². The zero-order chi connectivity index (χ0) is 16.0. The number of nitrogens with zero attached hydrogens (tertiary/aromatic N) is 1. The fraction of sp³-hybridized carbons (Fsp3) is 0.588. The molecule has 0 heterocycles. The molecule has 2 atom stereocenters. The summed E-state index contributed by atoms with van der Waals surface area (Å²) in [5.41, 5.74) is 8.57. The number of hydrogen-bond acceptors (Lipinski definition) is 3. The Balaban J connectivity index is 2.90. The highest BCUT2D eigenvalue weighted by Crippen LogP contribution is 2.23. The molecule has 0 fully saturated rings. The van der Waals surface area contributed by atoms with Crippen molar-refractivity contribution >= 4 is 5.91 Å². The van der Waals surface area contributed by atoms with Gasteiger partial charge in [-0.05, 0) is 39.8 Å². The van der Waals surface area contributed by atoms with Gasteiger partial charge in [0.15, 0.2) is 0 Å². The molecule has 118 valence electrons. The van der Waals surface area contributed by atoms with Gasteiger partial charge in [-0.25, -0.2) is 0 Å². The van der Waals surface area contributed by atoms with E-state index in [2.05, 4.69) is 48.3 Å². The van der Waals surface area contributed by atoms with E-state index in [-0.39, 0.29) is 24.0 Å². The summed E-state index contributed by atoms with van der Waals surface area (Å²) in [6, 6.07) is 8.55. The molecule has 0 aliphatic carbocycles. The van der Waals surface area contributed by atoms with E-state index in [0.717, 1.165) is 12.1 Å². The Morgan fingerprint density at radius 2 is 1.81 bits per heavy atom. The first-order valence-corrected chi connectivity index (χ1v) is 7.70. The highest BCUT2D eigenvalue weighted by atomic mass is 16.2. The minimum Gasteiger partial charge on any atom is -0.353 e. The lowest BCUT2D eigenvalue weighted by atomic mass is 9.98. The number of amides is 1. The number of likely N-dealkylation sites (N-methyl/N-ethyl adjacent to an activating group) is 1. The summed E-state index contributed by atoms with van der Waals surface area (Å²) in [5, 5.41) is 2.94. The molecule has 3 N–H and O–H groups in total. The Bertz CT molecular complexity index is 440. The predicted octanol–water partition coefficient (Wildman–Crippen LogP) is 2.23. The van der Waals surface area contributed by atoms with Gasteiger partial charge in [0.1, 0.15) is 0 Å². The van der Waals surface area contributed by atoms with Crippen molar-refractivity contribution in [3.8, 4) is 0 Å². The van der Waals surface area contributed by atoms with Crippen LogP contribution in [0.5, 0.6) is 0 Å². The summed E-state index contributed by atoms with van der Waals surface area (Å²) < 4.78 is 0. The molecule has 0 spiro atoms. The molecule has 4 heteroatoms. The largest absolute Gasteiger partial charge is 0.353 e. The number of rotatable bonds is 7. The minimum atomic E-state index is -0.0421. The molecule has 1 amide bonds. The Kier molecular flexibility index (Phi) is 6.85. The minimum absolute atomic E-state index is 0.0421. The monoisotopic (exact) mass is 291 g/mol. The van der Waals surface area contributed by atoms with Crippen molar-refractivity contribution < 1.29 is 4.79 Å². The van der Waals surface area contributed by atoms with Crippen LogP contribution in [-0.2, 0) is 4.79 Å². The van der Waals surface area contributed by atoms with Crippen LogP contribution in [0.15, 0.2) is 24.3 Å². The van der Waals surface area contributed by atoms with Gasteiger partial charge < -0.3 is 11.1 Å². The van der Waals surface area contributed by atoms with E-state index >= 15 is 0 Å². The van der Waals surface area contributed by atoms with Gasteiger partial charge in [0.25, 0.3) is 0 Å². The predicted molar refractivity (Wildman–Crippen MR) is 88.1 cm³/mol. The van der Waals surface area contributed by atoms with Crippen LogP contribution in [0.3, 0.4) is 0 Å². The average molecular weight is 291 g/mol. The molecule has 0 saturated carbocycles. The molecule has 0 radical (unpaired) electrons. The van der Waals surface area contributed by atoms with E-state index in [1.165, 1.54) is 5.56 Å². The van der Waals surface area contributed by atoms with Crippen molar-refractivity contribution in [2.24, 2.45) is 5.73 Å². The fourth-order valence-electron chi connectivity index (χ4n) is 2.57. The first-order valence-electron chi connectivity index (χ1n) is 7.70. The second-order valence-electron chi connectivity index (χ2n) is 6.00. The SMILES string of the molecule is CCN(CC(=O)NC(C)C)C(c1ccc(C)cc1)C(C)N. The number of hydrogen-bond donors (Lipinski definition) is 2. The summed E-state index contributed by atoms with van der Waals surface area (Å²) in [4.78, 5) is 14.2. The fourth-order valence-corrected chi connectivity index (χ4v) is 2.57. The first-order chi connectivity index (χ1) is 9.85. The summed E-state index contributed by atoms with van der Waals surface area (Å²) >= 11 is 0. The maximum atomic E-state index is 12.0. The van der Waals surface area contributed by atoms with E-state index < -0.39 is 0 Å². The maximum absolute atomic E-state index is 12.0. The smallest absolute Gasteiger partial charge is 0.234 e. The first kappa shape index (κ1) is 17.7. The Morgan fingerprint density at radius 1 is 1.24 bits per heavy atom. The molecule has 1 rings (SSSR count). The van der Waals surface area contributed by atoms with Crippen LogP contribution in [0.4, 0.5) is 0 Å². The normalized spacial score (nSPS) is 14.3. The van der Waals surface area contributed by atoms with Crippen LogP contribution in [0.2, 0.25) is 0 Å². The highest BCUT2D eigenvalue weighted by Gasteiger charge is 2.24. The van der Waals surface area contributed by atoms with Gasteiger partial charge in [0.05, 0.1) is 12.6 Å². The number of carbonyl (C=O) groups is 1. The molecule has 0 aliphatic rings. The van der Waals surface area contributed by atoms with Crippen molar-refractivity contribution in [1.29, 1.82) is 0 Å². The summed E-state index contributed by atoms with van der Waals surface area (Å²) in [6.45, 7) is 11.2. The van der Waals surface area contributed by atoms with E-state index in [1.807, 2.05) is 20.8 Å². The lowest BCUT2D eigenvalue weighted by Gasteiger charge is -2.33. The lowest BCUT2D eigenvalue weighted by Crippen LogP contribution is -2.45. The lowest BCUT2D eigenvalue weighted by molar-refractivity contribution is -0.123. The van der Waals surface area contributed by atoms with Crippen molar-refractivity contribution in [3.63, 3.8) is 0 Å². The summed E-state index contributed by atoms with van der Waals surface area (Å²) in [6.07, 6.45) is 0. The van der Waals surface area contributed by atoms with Gasteiger partial charge in [-0.15, -0.1) is 0 Å². The molecule has 0 aromatic heterocycles. The number of nitrogens with one attached hydrogen (secondary N) is 1. The Morgan fingerprint density at radius 3 is 2.24 bits per heavy atom. The average Bonchev–Trinajstić information content (AvgIpc) is 2.38. The molecule has 0 bridgehead atoms. The number of benzene rings is 1. The second kappa shape index (κ2) is 8.15. The van der Waals surface area contributed by atoms with Crippen molar-refractivity contribution in [2.45, 2.75) is 52.7 Å². The van der Waals surface area contributed by atoms with Crippen LogP contribution in [-0.4, -0.2) is 36.0 Å². The zero-order valence-corrected chi connectivity index (χ0v) is 13.9.